The highest BCUT2D eigenvalue weighted by Crippen LogP contribution is 2.20. The second-order valence-corrected chi connectivity index (χ2v) is 3.80. The van der Waals surface area contributed by atoms with E-state index in [0.29, 0.717) is 19.5 Å². The molecule has 1 fully saturated rings. The Morgan fingerprint density at radius 2 is 2.43 bits per heavy atom. The first-order valence-electron chi connectivity index (χ1n) is 4.76. The van der Waals surface area contributed by atoms with Crippen LogP contribution in [-0.4, -0.2) is 41.0 Å². The molecule has 1 rings (SSSR count). The average Bonchev–Trinajstić information content (AvgIpc) is 2.45. The number of nitrogens with two attached hydrogens (primary N) is 1. The highest BCUT2D eigenvalue weighted by molar-refractivity contribution is 5.79. The minimum Gasteiger partial charge on any atom is -0.481 e. The first-order chi connectivity index (χ1) is 6.54. The standard InChI is InChI=1S/C9H16N2O3/c1-6(2-9(13)14)11-5-7(4-10)3-8(11)12/h6-7H,2-5,10H2,1H3,(H,13,14)/t6-,7?/m1/s1. The number of aliphatic carboxylic acids is 1. The van der Waals surface area contributed by atoms with E-state index in [2.05, 4.69) is 0 Å². The number of carbonyl (C=O) groups excluding carboxylic acids is 1. The Bertz CT molecular complexity index is 242. The van der Waals surface area contributed by atoms with Crippen molar-refractivity contribution in [2.45, 2.75) is 25.8 Å². The number of rotatable bonds is 4. The molecule has 1 heterocycles. The van der Waals surface area contributed by atoms with Gasteiger partial charge in [0.15, 0.2) is 0 Å². The first kappa shape index (κ1) is 11.0. The van der Waals surface area contributed by atoms with Crippen LogP contribution in [0.15, 0.2) is 0 Å². The molecule has 1 aliphatic rings. The molecule has 2 atom stereocenters. The fraction of sp³-hybridized carbons (Fsp3) is 0.778. The monoisotopic (exact) mass is 200 g/mol. The van der Waals surface area contributed by atoms with Crippen LogP contribution in [0, 0.1) is 5.92 Å². The molecule has 1 saturated heterocycles. The molecule has 14 heavy (non-hydrogen) atoms. The number of likely N-dealkylation sites (tertiary alicyclic amines) is 1. The van der Waals surface area contributed by atoms with Gasteiger partial charge < -0.3 is 15.7 Å². The summed E-state index contributed by atoms with van der Waals surface area (Å²) in [7, 11) is 0. The maximum absolute atomic E-state index is 11.4. The fourth-order valence-corrected chi connectivity index (χ4v) is 1.76. The quantitative estimate of drug-likeness (QED) is 0.650. The van der Waals surface area contributed by atoms with Gasteiger partial charge in [0.1, 0.15) is 0 Å². The molecular formula is C9H16N2O3. The van der Waals surface area contributed by atoms with Gasteiger partial charge in [-0.25, -0.2) is 0 Å². The Balaban J connectivity index is 2.52. The minimum atomic E-state index is -0.874. The van der Waals surface area contributed by atoms with Crippen molar-refractivity contribution < 1.29 is 14.7 Å². The third kappa shape index (κ3) is 2.45. The van der Waals surface area contributed by atoms with Crippen LogP contribution < -0.4 is 5.73 Å². The lowest BCUT2D eigenvalue weighted by atomic mass is 10.1. The van der Waals surface area contributed by atoms with E-state index in [0.717, 1.165) is 0 Å². The summed E-state index contributed by atoms with van der Waals surface area (Å²) in [5.74, 6) is -0.658. The van der Waals surface area contributed by atoms with Crippen LogP contribution in [0.4, 0.5) is 0 Å². The van der Waals surface area contributed by atoms with Crippen molar-refractivity contribution in [3.05, 3.63) is 0 Å². The lowest BCUT2D eigenvalue weighted by Gasteiger charge is -2.23. The van der Waals surface area contributed by atoms with Crippen molar-refractivity contribution in [1.29, 1.82) is 0 Å². The van der Waals surface area contributed by atoms with Crippen molar-refractivity contribution in [2.24, 2.45) is 11.7 Å². The lowest BCUT2D eigenvalue weighted by Crippen LogP contribution is -2.36. The molecule has 1 unspecified atom stereocenters. The Morgan fingerprint density at radius 1 is 1.79 bits per heavy atom. The third-order valence-electron chi connectivity index (χ3n) is 2.57. The van der Waals surface area contributed by atoms with Crippen molar-refractivity contribution in [1.82, 2.24) is 4.90 Å². The van der Waals surface area contributed by atoms with Gasteiger partial charge in [-0.05, 0) is 19.4 Å². The van der Waals surface area contributed by atoms with Crippen LogP contribution >= 0.6 is 0 Å². The minimum absolute atomic E-state index is 0.00301. The predicted molar refractivity (Wildman–Crippen MR) is 50.6 cm³/mol. The number of carboxylic acid groups (broad SMARTS) is 1. The smallest absolute Gasteiger partial charge is 0.305 e. The van der Waals surface area contributed by atoms with E-state index in [1.807, 2.05) is 0 Å². The number of carboxylic acids is 1. The van der Waals surface area contributed by atoms with Gasteiger partial charge >= 0.3 is 5.97 Å². The van der Waals surface area contributed by atoms with E-state index in [1.165, 1.54) is 0 Å². The summed E-state index contributed by atoms with van der Waals surface area (Å²) < 4.78 is 0. The van der Waals surface area contributed by atoms with Crippen LogP contribution in [0.3, 0.4) is 0 Å². The van der Waals surface area contributed by atoms with E-state index in [9.17, 15) is 9.59 Å². The highest BCUT2D eigenvalue weighted by atomic mass is 16.4. The van der Waals surface area contributed by atoms with Gasteiger partial charge in [0.2, 0.25) is 5.91 Å². The molecule has 0 bridgehead atoms. The molecule has 5 heteroatoms. The summed E-state index contributed by atoms with van der Waals surface area (Å²) in [6.45, 7) is 2.84. The fourth-order valence-electron chi connectivity index (χ4n) is 1.76. The molecule has 0 aromatic carbocycles. The summed E-state index contributed by atoms with van der Waals surface area (Å²) in [5, 5.41) is 8.59. The zero-order valence-electron chi connectivity index (χ0n) is 8.27. The molecule has 0 spiro atoms. The van der Waals surface area contributed by atoms with Crippen molar-refractivity contribution in [3.63, 3.8) is 0 Å². The molecule has 0 aromatic heterocycles. The van der Waals surface area contributed by atoms with Gasteiger partial charge in [-0.2, -0.15) is 0 Å². The number of nitrogens with zero attached hydrogens (tertiary/aromatic N) is 1. The second-order valence-electron chi connectivity index (χ2n) is 3.80. The predicted octanol–water partition coefficient (Wildman–Crippen LogP) is -0.343. The zero-order valence-corrected chi connectivity index (χ0v) is 8.27. The van der Waals surface area contributed by atoms with Crippen molar-refractivity contribution in [2.75, 3.05) is 13.1 Å². The molecule has 1 aliphatic heterocycles. The van der Waals surface area contributed by atoms with E-state index >= 15 is 0 Å². The summed E-state index contributed by atoms with van der Waals surface area (Å²) in [6.07, 6.45) is 0.462. The van der Waals surface area contributed by atoms with Crippen LogP contribution in [0.1, 0.15) is 19.8 Å². The topological polar surface area (TPSA) is 83.6 Å². The molecule has 0 aliphatic carbocycles. The molecule has 80 valence electrons. The van der Waals surface area contributed by atoms with Gasteiger partial charge in [0, 0.05) is 19.0 Å². The zero-order chi connectivity index (χ0) is 10.7. The first-order valence-corrected chi connectivity index (χ1v) is 4.76. The summed E-state index contributed by atoms with van der Waals surface area (Å²) in [5.41, 5.74) is 5.46. The highest BCUT2D eigenvalue weighted by Gasteiger charge is 2.32. The van der Waals surface area contributed by atoms with Gasteiger partial charge in [-0.3, -0.25) is 9.59 Å². The van der Waals surface area contributed by atoms with Gasteiger partial charge in [0.25, 0.3) is 0 Å². The normalized spacial score (nSPS) is 24.0. The number of hydrogen-bond acceptors (Lipinski definition) is 3. The Labute approximate surface area is 82.9 Å². The van der Waals surface area contributed by atoms with Gasteiger partial charge in [-0.15, -0.1) is 0 Å². The van der Waals surface area contributed by atoms with E-state index in [1.54, 1.807) is 11.8 Å². The SMILES string of the molecule is C[C@H](CC(=O)O)N1CC(CN)CC1=O. The average molecular weight is 200 g/mol. The summed E-state index contributed by atoms with van der Waals surface area (Å²) >= 11 is 0. The van der Waals surface area contributed by atoms with E-state index in [4.69, 9.17) is 10.8 Å². The third-order valence-corrected chi connectivity index (χ3v) is 2.57. The van der Waals surface area contributed by atoms with Gasteiger partial charge in [0.05, 0.1) is 6.42 Å². The lowest BCUT2D eigenvalue weighted by molar-refractivity contribution is -0.139. The second kappa shape index (κ2) is 4.41. The van der Waals surface area contributed by atoms with Crippen LogP contribution in [-0.2, 0) is 9.59 Å². The Kier molecular flexibility index (Phi) is 3.46. The van der Waals surface area contributed by atoms with E-state index in [-0.39, 0.29) is 24.3 Å². The van der Waals surface area contributed by atoms with Crippen LogP contribution in [0.2, 0.25) is 0 Å². The van der Waals surface area contributed by atoms with Crippen LogP contribution in [0.5, 0.6) is 0 Å². The molecule has 1 amide bonds. The van der Waals surface area contributed by atoms with Gasteiger partial charge in [-0.1, -0.05) is 0 Å². The van der Waals surface area contributed by atoms with Crippen LogP contribution in [0.25, 0.3) is 0 Å². The van der Waals surface area contributed by atoms with E-state index < -0.39 is 5.97 Å². The molecular weight excluding hydrogens is 184 g/mol. The summed E-state index contributed by atoms with van der Waals surface area (Å²) in [6, 6.07) is -0.225. The molecule has 0 radical (unpaired) electrons. The maximum Gasteiger partial charge on any atom is 0.305 e. The molecule has 5 nitrogen and oxygen atoms in total. The number of amides is 1. The molecule has 3 N–H and O–H groups in total. The Hall–Kier alpha value is -1.10. The maximum atomic E-state index is 11.4. The molecule has 0 aromatic rings. The largest absolute Gasteiger partial charge is 0.481 e. The Morgan fingerprint density at radius 3 is 2.86 bits per heavy atom. The van der Waals surface area contributed by atoms with Crippen molar-refractivity contribution in [3.8, 4) is 0 Å². The number of carbonyl (C=O) groups is 2. The van der Waals surface area contributed by atoms with Crippen molar-refractivity contribution >= 4 is 11.9 Å². The summed E-state index contributed by atoms with van der Waals surface area (Å²) in [4.78, 5) is 23.5. The molecule has 0 saturated carbocycles. The number of hydrogen-bond donors (Lipinski definition) is 2.